The monoisotopic (exact) mass is 458 g/mol. The fourth-order valence-corrected chi connectivity index (χ4v) is 3.94. The van der Waals surface area contributed by atoms with Crippen molar-refractivity contribution in [3.8, 4) is 28.4 Å². The topological polar surface area (TPSA) is 83.8 Å². The largest absolute Gasteiger partial charge is 0.485 e. The van der Waals surface area contributed by atoms with Gasteiger partial charge in [0.15, 0.2) is 17.3 Å². The number of hydrogen-bond acceptors (Lipinski definition) is 5. The smallest absolute Gasteiger partial charge is 0.434 e. The van der Waals surface area contributed by atoms with Crippen molar-refractivity contribution in [2.24, 2.45) is 0 Å². The number of anilines is 1. The van der Waals surface area contributed by atoms with Crippen molar-refractivity contribution in [2.75, 3.05) is 5.73 Å². The first-order valence-electron chi connectivity index (χ1n) is 10.1. The number of halogens is 4. The minimum absolute atomic E-state index is 0.0476. The molecular weight excluding hydrogens is 440 g/mol. The van der Waals surface area contributed by atoms with E-state index in [9.17, 15) is 17.6 Å². The number of benzene rings is 1. The first-order chi connectivity index (χ1) is 15.7. The Morgan fingerprint density at radius 2 is 1.97 bits per heavy atom. The van der Waals surface area contributed by atoms with E-state index in [-0.39, 0.29) is 30.5 Å². The molecule has 0 saturated carbocycles. The summed E-state index contributed by atoms with van der Waals surface area (Å²) in [5.41, 5.74) is 7.57. The predicted molar refractivity (Wildman–Crippen MR) is 112 cm³/mol. The molecule has 0 amide bonds. The summed E-state index contributed by atoms with van der Waals surface area (Å²) < 4.78 is 63.7. The first kappa shape index (κ1) is 21.0. The first-order valence-corrected chi connectivity index (χ1v) is 10.1. The summed E-state index contributed by atoms with van der Waals surface area (Å²) in [5, 5.41) is 4.38. The van der Waals surface area contributed by atoms with E-state index in [2.05, 4.69) is 15.1 Å². The number of hydrogen-bond donors (Lipinski definition) is 1. The van der Waals surface area contributed by atoms with E-state index in [0.717, 1.165) is 6.20 Å². The zero-order chi connectivity index (χ0) is 23.3. The van der Waals surface area contributed by atoms with Gasteiger partial charge < -0.3 is 15.0 Å². The van der Waals surface area contributed by atoms with Crippen molar-refractivity contribution in [1.82, 2.24) is 24.3 Å². The van der Waals surface area contributed by atoms with E-state index < -0.39 is 17.7 Å². The summed E-state index contributed by atoms with van der Waals surface area (Å²) in [6.07, 6.45) is -0.533. The Bertz CT molecular complexity index is 1360. The highest BCUT2D eigenvalue weighted by atomic mass is 19.4. The lowest BCUT2D eigenvalue weighted by atomic mass is 10.1. The average Bonchev–Trinajstić information content (AvgIpc) is 3.37. The molecule has 1 aliphatic heterocycles. The molecule has 1 aliphatic rings. The molecule has 1 aromatic carbocycles. The second-order valence-corrected chi connectivity index (χ2v) is 7.61. The van der Waals surface area contributed by atoms with Gasteiger partial charge in [-0.25, -0.2) is 14.4 Å². The molecule has 170 valence electrons. The number of aryl methyl sites for hydroxylation is 1. The van der Waals surface area contributed by atoms with Gasteiger partial charge in [-0.1, -0.05) is 0 Å². The van der Waals surface area contributed by atoms with Crippen LogP contribution in [0.15, 0.2) is 42.9 Å². The maximum atomic E-state index is 14.0. The Balaban J connectivity index is 1.79. The molecule has 0 saturated heterocycles. The van der Waals surface area contributed by atoms with E-state index in [1.807, 2.05) is 6.92 Å². The maximum absolute atomic E-state index is 14.0. The number of rotatable bonds is 1. The molecular formula is C22H18F4N6O. The van der Waals surface area contributed by atoms with Crippen LogP contribution in [-0.4, -0.2) is 24.3 Å². The molecule has 33 heavy (non-hydrogen) atoms. The van der Waals surface area contributed by atoms with Gasteiger partial charge in [-0.2, -0.15) is 18.3 Å². The molecule has 0 atom stereocenters. The van der Waals surface area contributed by atoms with Crippen molar-refractivity contribution >= 4 is 5.82 Å². The van der Waals surface area contributed by atoms with Gasteiger partial charge in [0, 0.05) is 41.2 Å². The van der Waals surface area contributed by atoms with Crippen molar-refractivity contribution in [1.29, 1.82) is 0 Å². The van der Waals surface area contributed by atoms with Gasteiger partial charge in [0.05, 0.1) is 18.4 Å². The highest BCUT2D eigenvalue weighted by molar-refractivity contribution is 5.68. The van der Waals surface area contributed by atoms with Gasteiger partial charge in [-0.15, -0.1) is 0 Å². The lowest BCUT2D eigenvalue weighted by Gasteiger charge is -2.17. The Hall–Kier alpha value is -3.89. The van der Waals surface area contributed by atoms with Crippen molar-refractivity contribution in [2.45, 2.75) is 32.8 Å². The van der Waals surface area contributed by atoms with Gasteiger partial charge in [-0.3, -0.25) is 4.68 Å². The molecule has 0 fully saturated rings. The lowest BCUT2D eigenvalue weighted by molar-refractivity contribution is -0.140. The van der Waals surface area contributed by atoms with Crippen molar-refractivity contribution in [3.63, 3.8) is 0 Å². The number of ether oxygens (including phenoxy) is 1. The van der Waals surface area contributed by atoms with Crippen LogP contribution in [0.2, 0.25) is 0 Å². The summed E-state index contributed by atoms with van der Waals surface area (Å²) in [6.45, 7) is 2.35. The van der Waals surface area contributed by atoms with Crippen LogP contribution >= 0.6 is 0 Å². The number of alkyl halides is 3. The lowest BCUT2D eigenvalue weighted by Crippen LogP contribution is -2.09. The van der Waals surface area contributed by atoms with Crippen LogP contribution in [0.5, 0.6) is 5.75 Å². The predicted octanol–water partition coefficient (Wildman–Crippen LogP) is 4.51. The molecule has 0 spiro atoms. The van der Waals surface area contributed by atoms with Crippen molar-refractivity contribution < 1.29 is 22.3 Å². The van der Waals surface area contributed by atoms with Gasteiger partial charge in [0.25, 0.3) is 0 Å². The number of nitrogens with zero attached hydrogens (tertiary/aromatic N) is 5. The third kappa shape index (κ3) is 3.69. The minimum Gasteiger partial charge on any atom is -0.485 e. The standard InChI is InChI=1S/C22H18F4N6O/c1-2-32-19-12-6-17(20(27)28-7-12)33-11-13-5-15(23)3-4-16(13)21-30-18(22(24,25)26)10-31(21)9-14(19)8-29-32/h3-8,10H,2,9,11H2,1H3,(H2,27,28). The molecule has 11 heteroatoms. The molecule has 7 nitrogen and oxygen atoms in total. The van der Waals surface area contributed by atoms with E-state index in [0.29, 0.717) is 34.5 Å². The highest BCUT2D eigenvalue weighted by Crippen LogP contribution is 2.36. The Morgan fingerprint density at radius 1 is 1.15 bits per heavy atom. The van der Waals surface area contributed by atoms with E-state index in [1.165, 1.54) is 22.8 Å². The van der Waals surface area contributed by atoms with Crippen LogP contribution in [0.1, 0.15) is 23.7 Å². The number of pyridine rings is 1. The number of aromatic nitrogens is 5. The van der Waals surface area contributed by atoms with E-state index >= 15 is 0 Å². The Kier molecular flexibility index (Phi) is 4.84. The molecule has 3 aromatic heterocycles. The van der Waals surface area contributed by atoms with Crippen LogP contribution in [0.4, 0.5) is 23.4 Å². The molecule has 0 unspecified atom stereocenters. The van der Waals surface area contributed by atoms with Crippen LogP contribution in [0, 0.1) is 5.82 Å². The number of nitrogen functional groups attached to an aromatic ring is 1. The highest BCUT2D eigenvalue weighted by Gasteiger charge is 2.35. The van der Waals surface area contributed by atoms with E-state index in [4.69, 9.17) is 10.5 Å². The fraction of sp³-hybridized carbons (Fsp3) is 0.227. The molecule has 0 aliphatic carbocycles. The number of imidazole rings is 1. The molecule has 5 rings (SSSR count). The second-order valence-electron chi connectivity index (χ2n) is 7.61. The summed E-state index contributed by atoms with van der Waals surface area (Å²) in [6, 6.07) is 5.48. The number of fused-ring (bicyclic) bond motifs is 7. The molecule has 2 bridgehead atoms. The number of nitrogens with two attached hydrogens (primary N) is 1. The maximum Gasteiger partial charge on any atom is 0.434 e. The summed E-state index contributed by atoms with van der Waals surface area (Å²) in [7, 11) is 0. The fourth-order valence-electron chi connectivity index (χ4n) is 3.94. The summed E-state index contributed by atoms with van der Waals surface area (Å²) in [4.78, 5) is 8.07. The molecule has 0 radical (unpaired) electrons. The molecule has 4 heterocycles. The quantitative estimate of drug-likeness (QED) is 0.425. The third-order valence-electron chi connectivity index (χ3n) is 5.47. The van der Waals surface area contributed by atoms with Crippen molar-refractivity contribution in [3.05, 3.63) is 65.5 Å². The van der Waals surface area contributed by atoms with E-state index in [1.54, 1.807) is 23.1 Å². The van der Waals surface area contributed by atoms with Gasteiger partial charge in [0.2, 0.25) is 0 Å². The SMILES string of the molecule is CCn1ncc2c1-c1cnc(N)c(c1)OCc1cc(F)ccc1-c1nc(C(F)(F)F)cn1C2. The van der Waals surface area contributed by atoms with Gasteiger partial charge in [-0.05, 0) is 31.2 Å². The molecule has 4 aromatic rings. The van der Waals surface area contributed by atoms with Crippen LogP contribution in [0.3, 0.4) is 0 Å². The second kappa shape index (κ2) is 7.61. The van der Waals surface area contributed by atoms with Crippen LogP contribution < -0.4 is 10.5 Å². The van der Waals surface area contributed by atoms with Crippen LogP contribution in [0.25, 0.3) is 22.6 Å². The average molecular weight is 458 g/mol. The summed E-state index contributed by atoms with van der Waals surface area (Å²) >= 11 is 0. The van der Waals surface area contributed by atoms with Gasteiger partial charge >= 0.3 is 6.18 Å². The minimum atomic E-state index is -4.65. The normalized spacial score (nSPS) is 13.2. The zero-order valence-electron chi connectivity index (χ0n) is 17.4. The Labute approximate surface area is 185 Å². The van der Waals surface area contributed by atoms with Gasteiger partial charge in [0.1, 0.15) is 18.2 Å². The third-order valence-corrected chi connectivity index (χ3v) is 5.47. The summed E-state index contributed by atoms with van der Waals surface area (Å²) in [5.74, 6) is -0.0902. The zero-order valence-corrected chi connectivity index (χ0v) is 17.4. The molecule has 2 N–H and O–H groups in total. The Morgan fingerprint density at radius 3 is 2.73 bits per heavy atom. The van der Waals surface area contributed by atoms with Crippen LogP contribution in [-0.2, 0) is 25.9 Å².